The van der Waals surface area contributed by atoms with Crippen molar-refractivity contribution in [1.82, 2.24) is 0 Å². The summed E-state index contributed by atoms with van der Waals surface area (Å²) in [6.07, 6.45) is -12.4. The predicted molar refractivity (Wildman–Crippen MR) is 89.3 cm³/mol. The lowest BCUT2D eigenvalue weighted by Gasteiger charge is -2.38. The van der Waals surface area contributed by atoms with E-state index >= 15 is 0 Å². The van der Waals surface area contributed by atoms with Crippen molar-refractivity contribution in [3.63, 3.8) is 0 Å². The van der Waals surface area contributed by atoms with Gasteiger partial charge in [-0.1, -0.05) is 31.2 Å². The van der Waals surface area contributed by atoms with Crippen molar-refractivity contribution in [2.75, 3.05) is 7.11 Å². The molecule has 0 spiro atoms. The first-order valence-corrected chi connectivity index (χ1v) is 8.20. The topological polar surface area (TPSA) is 38.7 Å². The lowest BCUT2D eigenvalue weighted by atomic mass is 9.73. The fourth-order valence-corrected chi connectivity index (χ4v) is 2.85. The summed E-state index contributed by atoms with van der Waals surface area (Å²) >= 11 is 0. The second-order valence-corrected chi connectivity index (χ2v) is 5.98. The lowest BCUT2D eigenvalue weighted by molar-refractivity contribution is -0.288. The van der Waals surface area contributed by atoms with Crippen molar-refractivity contribution in [2.45, 2.75) is 37.4 Å². The fourth-order valence-electron chi connectivity index (χ4n) is 2.85. The molecule has 28 heavy (non-hydrogen) atoms. The van der Waals surface area contributed by atoms with Crippen LogP contribution >= 0.6 is 0 Å². The molecule has 1 N–H and O–H groups in total. The SMILES string of the molecule is CCC(O)Oc1ccc(C(c2ccc(OC)cc2)(C(F)(F)F)C(F)(F)F)cc1. The van der Waals surface area contributed by atoms with Crippen LogP contribution in [0, 0.1) is 0 Å². The molecule has 0 bridgehead atoms. The molecular formula is C19H18F6O3. The van der Waals surface area contributed by atoms with Crippen LogP contribution in [0.1, 0.15) is 24.5 Å². The minimum Gasteiger partial charge on any atom is -0.497 e. The molecule has 2 aromatic carbocycles. The van der Waals surface area contributed by atoms with Gasteiger partial charge in [-0.05, 0) is 35.4 Å². The second-order valence-electron chi connectivity index (χ2n) is 5.98. The van der Waals surface area contributed by atoms with Crippen LogP contribution in [0.15, 0.2) is 48.5 Å². The smallest absolute Gasteiger partial charge is 0.411 e. The quantitative estimate of drug-likeness (QED) is 0.527. The van der Waals surface area contributed by atoms with E-state index < -0.39 is 35.2 Å². The Bertz CT molecular complexity index is 752. The van der Waals surface area contributed by atoms with Gasteiger partial charge in [-0.25, -0.2) is 0 Å². The number of aliphatic hydroxyl groups excluding tert-OH is 1. The van der Waals surface area contributed by atoms with Crippen molar-refractivity contribution in [3.05, 3.63) is 59.7 Å². The summed E-state index contributed by atoms with van der Waals surface area (Å²) in [5.41, 5.74) is -6.25. The van der Waals surface area contributed by atoms with Gasteiger partial charge >= 0.3 is 12.4 Å². The van der Waals surface area contributed by atoms with E-state index in [9.17, 15) is 31.4 Å². The van der Waals surface area contributed by atoms with Crippen LogP contribution in [0.2, 0.25) is 0 Å². The molecule has 3 nitrogen and oxygen atoms in total. The minimum atomic E-state index is -5.68. The van der Waals surface area contributed by atoms with Crippen molar-refractivity contribution in [2.24, 2.45) is 0 Å². The van der Waals surface area contributed by atoms with E-state index in [0.717, 1.165) is 36.4 Å². The standard InChI is InChI=1S/C19H18F6O3/c1-3-16(26)28-15-10-6-13(7-11-15)17(18(20,21)22,19(23,24)25)12-4-8-14(27-2)9-5-12/h4-11,16,26H,3H2,1-2H3. The van der Waals surface area contributed by atoms with Crippen LogP contribution < -0.4 is 9.47 Å². The zero-order valence-corrected chi connectivity index (χ0v) is 14.9. The molecule has 0 fully saturated rings. The Morgan fingerprint density at radius 1 is 0.786 bits per heavy atom. The molecule has 0 saturated heterocycles. The third-order valence-corrected chi connectivity index (χ3v) is 4.28. The first-order chi connectivity index (χ1) is 13.0. The number of hydrogen-bond donors (Lipinski definition) is 1. The number of aliphatic hydroxyl groups is 1. The van der Waals surface area contributed by atoms with Gasteiger partial charge in [0.05, 0.1) is 7.11 Å². The van der Waals surface area contributed by atoms with Gasteiger partial charge in [-0.15, -0.1) is 0 Å². The van der Waals surface area contributed by atoms with E-state index in [4.69, 9.17) is 9.47 Å². The number of ether oxygens (including phenoxy) is 2. The molecule has 0 saturated carbocycles. The molecule has 0 aliphatic heterocycles. The van der Waals surface area contributed by atoms with Gasteiger partial charge in [0.25, 0.3) is 0 Å². The average molecular weight is 408 g/mol. The summed E-state index contributed by atoms with van der Waals surface area (Å²) in [5, 5.41) is 9.43. The Morgan fingerprint density at radius 3 is 1.50 bits per heavy atom. The summed E-state index contributed by atoms with van der Waals surface area (Å²) in [5.74, 6) is 0.0744. The van der Waals surface area contributed by atoms with Crippen LogP contribution in [-0.2, 0) is 5.41 Å². The van der Waals surface area contributed by atoms with E-state index in [-0.39, 0.29) is 17.9 Å². The fraction of sp³-hybridized carbons (Fsp3) is 0.368. The molecule has 0 heterocycles. The maximum absolute atomic E-state index is 14.0. The molecule has 2 aromatic rings. The molecular weight excluding hydrogens is 390 g/mol. The number of alkyl halides is 6. The number of hydrogen-bond acceptors (Lipinski definition) is 3. The Balaban J connectivity index is 2.67. The first kappa shape index (κ1) is 21.9. The Morgan fingerprint density at radius 2 is 1.18 bits per heavy atom. The molecule has 0 aliphatic rings. The third kappa shape index (κ3) is 3.89. The summed E-state index contributed by atoms with van der Waals surface area (Å²) in [6, 6.07) is 6.88. The molecule has 2 rings (SSSR count). The van der Waals surface area contributed by atoms with E-state index in [1.807, 2.05) is 0 Å². The van der Waals surface area contributed by atoms with Crippen molar-refractivity contribution < 1.29 is 40.9 Å². The molecule has 0 radical (unpaired) electrons. The van der Waals surface area contributed by atoms with Gasteiger partial charge in [0.1, 0.15) is 11.5 Å². The van der Waals surface area contributed by atoms with Gasteiger partial charge in [0.2, 0.25) is 5.41 Å². The zero-order chi connectivity index (χ0) is 21.2. The maximum Gasteiger partial charge on any atom is 0.411 e. The van der Waals surface area contributed by atoms with Crippen LogP contribution in [0.3, 0.4) is 0 Å². The third-order valence-electron chi connectivity index (χ3n) is 4.28. The average Bonchev–Trinajstić information content (AvgIpc) is 2.61. The summed E-state index contributed by atoms with van der Waals surface area (Å²) in [4.78, 5) is 0. The molecule has 0 aliphatic carbocycles. The minimum absolute atomic E-state index is 0.0499. The highest BCUT2D eigenvalue weighted by molar-refractivity contribution is 5.47. The second kappa shape index (κ2) is 7.90. The molecule has 9 heteroatoms. The molecule has 0 amide bonds. The Kier molecular flexibility index (Phi) is 6.18. The van der Waals surface area contributed by atoms with Gasteiger partial charge in [0, 0.05) is 6.42 Å². The van der Waals surface area contributed by atoms with E-state index in [0.29, 0.717) is 12.1 Å². The summed E-state index contributed by atoms with van der Waals surface area (Å²) < 4.78 is 93.6. The Hall–Kier alpha value is -2.42. The number of benzene rings is 2. The predicted octanol–water partition coefficient (Wildman–Crippen LogP) is 5.21. The van der Waals surface area contributed by atoms with Gasteiger partial charge in [-0.3, -0.25) is 0 Å². The first-order valence-electron chi connectivity index (χ1n) is 8.20. The Labute approximate surface area is 157 Å². The van der Waals surface area contributed by atoms with Crippen molar-refractivity contribution in [3.8, 4) is 11.5 Å². The molecule has 0 aromatic heterocycles. The van der Waals surface area contributed by atoms with Gasteiger partial charge in [0.15, 0.2) is 6.29 Å². The highest BCUT2D eigenvalue weighted by Gasteiger charge is 2.72. The van der Waals surface area contributed by atoms with Gasteiger partial charge < -0.3 is 14.6 Å². The molecule has 1 unspecified atom stereocenters. The van der Waals surface area contributed by atoms with E-state index in [1.165, 1.54) is 7.11 Å². The lowest BCUT2D eigenvalue weighted by Crippen LogP contribution is -2.54. The molecule has 154 valence electrons. The van der Waals surface area contributed by atoms with E-state index in [2.05, 4.69) is 0 Å². The van der Waals surface area contributed by atoms with Crippen LogP contribution in [0.25, 0.3) is 0 Å². The number of rotatable bonds is 6. The maximum atomic E-state index is 14.0. The number of halogens is 6. The highest BCUT2D eigenvalue weighted by Crippen LogP contribution is 2.56. The molecule has 1 atom stereocenters. The zero-order valence-electron chi connectivity index (χ0n) is 14.9. The monoisotopic (exact) mass is 408 g/mol. The normalized spacial score (nSPS) is 13.9. The van der Waals surface area contributed by atoms with Crippen LogP contribution in [-0.4, -0.2) is 30.9 Å². The number of methoxy groups -OCH3 is 1. The summed E-state index contributed by atoms with van der Waals surface area (Å²) in [6.45, 7) is 1.60. The highest BCUT2D eigenvalue weighted by atomic mass is 19.4. The largest absolute Gasteiger partial charge is 0.497 e. The summed E-state index contributed by atoms with van der Waals surface area (Å²) in [7, 11) is 1.25. The van der Waals surface area contributed by atoms with Crippen molar-refractivity contribution in [1.29, 1.82) is 0 Å². The van der Waals surface area contributed by atoms with Gasteiger partial charge in [-0.2, -0.15) is 26.3 Å². The van der Waals surface area contributed by atoms with Crippen LogP contribution in [0.4, 0.5) is 26.3 Å². The van der Waals surface area contributed by atoms with Crippen LogP contribution in [0.5, 0.6) is 11.5 Å². The van der Waals surface area contributed by atoms with Crippen molar-refractivity contribution >= 4 is 0 Å². The van der Waals surface area contributed by atoms with E-state index in [1.54, 1.807) is 6.92 Å².